The Balaban J connectivity index is 1.51. The van der Waals surface area contributed by atoms with Crippen LogP contribution in [0.2, 0.25) is 0 Å². The highest BCUT2D eigenvalue weighted by atomic mass is 32.2. The number of carbonyl (C=O) groups excluding carboxylic acids is 2. The maximum atomic E-state index is 13.9. The van der Waals surface area contributed by atoms with E-state index in [0.29, 0.717) is 48.5 Å². The smallest absolute Gasteiger partial charge is 0.254 e. The molecule has 4 rings (SSSR count). The van der Waals surface area contributed by atoms with E-state index in [-0.39, 0.29) is 23.9 Å². The molecule has 0 spiro atoms. The topological polar surface area (TPSA) is 166 Å². The Labute approximate surface area is 307 Å². The van der Waals surface area contributed by atoms with E-state index in [9.17, 15) is 26.4 Å². The second-order valence-corrected chi connectivity index (χ2v) is 18.6. The number of nitrogens with zero attached hydrogens (tertiary/aromatic N) is 2. The number of benzene rings is 2. The van der Waals surface area contributed by atoms with Crippen molar-refractivity contribution in [2.24, 2.45) is 5.14 Å². The third-order valence-electron chi connectivity index (χ3n) is 9.55. The lowest BCUT2D eigenvalue weighted by Gasteiger charge is -2.29. The summed E-state index contributed by atoms with van der Waals surface area (Å²) in [5.74, 6) is -1.35. The fourth-order valence-corrected chi connectivity index (χ4v) is 9.89. The van der Waals surface area contributed by atoms with Gasteiger partial charge in [-0.2, -0.15) is 0 Å². The summed E-state index contributed by atoms with van der Waals surface area (Å²) in [5.41, 5.74) is 2.87. The molecule has 1 unspecified atom stereocenters. The first kappa shape index (κ1) is 40.9. The fourth-order valence-electron chi connectivity index (χ4n) is 6.53. The van der Waals surface area contributed by atoms with E-state index in [0.717, 1.165) is 54.4 Å². The number of fused-ring (bicyclic) bond motifs is 1. The third-order valence-corrected chi connectivity index (χ3v) is 13.5. The predicted molar refractivity (Wildman–Crippen MR) is 205 cm³/mol. The highest BCUT2D eigenvalue weighted by Crippen LogP contribution is 2.41. The largest absolute Gasteiger partial charge is 0.378 e. The number of ether oxygens (including phenoxy) is 1. The zero-order valence-corrected chi connectivity index (χ0v) is 32.5. The summed E-state index contributed by atoms with van der Waals surface area (Å²) in [5, 5.41) is 7.85. The number of primary sulfonamides is 1. The minimum atomic E-state index is -4.08. The van der Waals surface area contributed by atoms with E-state index in [1.165, 1.54) is 44.9 Å². The van der Waals surface area contributed by atoms with Crippen molar-refractivity contribution >= 4 is 53.2 Å². The number of hydrogen-bond acceptors (Lipinski definition) is 9. The molecule has 1 aromatic heterocycles. The third kappa shape index (κ3) is 11.5. The van der Waals surface area contributed by atoms with E-state index in [4.69, 9.17) is 14.9 Å². The Morgan fingerprint density at radius 2 is 1.43 bits per heavy atom. The Morgan fingerprint density at radius 1 is 0.863 bits per heavy atom. The summed E-state index contributed by atoms with van der Waals surface area (Å²) in [7, 11) is -7.95. The molecule has 1 aliphatic heterocycles. The van der Waals surface area contributed by atoms with Gasteiger partial charge >= 0.3 is 0 Å². The molecule has 1 aliphatic rings. The summed E-state index contributed by atoms with van der Waals surface area (Å²) in [6.45, 7) is 4.07. The van der Waals surface area contributed by atoms with Crippen molar-refractivity contribution < 1.29 is 31.2 Å². The van der Waals surface area contributed by atoms with Gasteiger partial charge in [0.15, 0.2) is 9.84 Å². The first-order valence-corrected chi connectivity index (χ1v) is 22.6. The Bertz CT molecular complexity index is 1800. The SMILES string of the molecule is CCCCCCCCCCCCCCC(C(=O)NCCS(N)(=O)=O)(c1nc2ccc(-c3ccc(C(=O)N4CCOCC4)cc3)cc2s1)S(C)(=O)=O. The van der Waals surface area contributed by atoms with Crippen LogP contribution in [0.5, 0.6) is 0 Å². The molecule has 282 valence electrons. The number of unbranched alkanes of at least 4 members (excludes halogenated alkanes) is 11. The van der Waals surface area contributed by atoms with Crippen LogP contribution >= 0.6 is 11.3 Å². The number of sulfone groups is 1. The minimum Gasteiger partial charge on any atom is -0.378 e. The molecule has 0 saturated carbocycles. The van der Waals surface area contributed by atoms with Gasteiger partial charge in [-0.05, 0) is 41.8 Å². The molecule has 3 aromatic rings. The van der Waals surface area contributed by atoms with Gasteiger partial charge in [0.1, 0.15) is 5.01 Å². The van der Waals surface area contributed by atoms with Crippen molar-refractivity contribution in [1.29, 1.82) is 0 Å². The molecule has 3 N–H and O–H groups in total. The van der Waals surface area contributed by atoms with Gasteiger partial charge in [0.2, 0.25) is 20.7 Å². The van der Waals surface area contributed by atoms with Gasteiger partial charge in [-0.3, -0.25) is 9.59 Å². The molecule has 1 saturated heterocycles. The average molecular weight is 763 g/mol. The highest BCUT2D eigenvalue weighted by molar-refractivity contribution is 7.92. The van der Waals surface area contributed by atoms with E-state index < -0.39 is 36.3 Å². The monoisotopic (exact) mass is 762 g/mol. The first-order chi connectivity index (χ1) is 24.4. The van der Waals surface area contributed by atoms with E-state index in [1.54, 1.807) is 23.1 Å². The van der Waals surface area contributed by atoms with Gasteiger partial charge in [-0.25, -0.2) is 27.0 Å². The molecule has 51 heavy (non-hydrogen) atoms. The lowest BCUT2D eigenvalue weighted by molar-refractivity contribution is -0.124. The molecule has 2 aromatic carbocycles. The molecule has 0 bridgehead atoms. The summed E-state index contributed by atoms with van der Waals surface area (Å²) < 4.78 is 54.6. The van der Waals surface area contributed by atoms with Crippen molar-refractivity contribution in [2.75, 3.05) is 44.9 Å². The lowest BCUT2D eigenvalue weighted by Crippen LogP contribution is -2.50. The van der Waals surface area contributed by atoms with Crippen molar-refractivity contribution in [3.8, 4) is 11.1 Å². The van der Waals surface area contributed by atoms with Crippen molar-refractivity contribution in [1.82, 2.24) is 15.2 Å². The number of thiazole rings is 1. The number of aromatic nitrogens is 1. The molecule has 1 fully saturated rings. The number of amides is 2. The number of nitrogens with one attached hydrogen (secondary N) is 1. The van der Waals surface area contributed by atoms with Crippen LogP contribution in [0.1, 0.15) is 106 Å². The van der Waals surface area contributed by atoms with Crippen LogP contribution in [-0.2, 0) is 34.1 Å². The maximum Gasteiger partial charge on any atom is 0.254 e. The van der Waals surface area contributed by atoms with Gasteiger partial charge in [0.25, 0.3) is 5.91 Å². The highest BCUT2D eigenvalue weighted by Gasteiger charge is 2.51. The lowest BCUT2D eigenvalue weighted by atomic mass is 9.98. The summed E-state index contributed by atoms with van der Waals surface area (Å²) >= 11 is 1.15. The van der Waals surface area contributed by atoms with Gasteiger partial charge in [-0.1, -0.05) is 102 Å². The number of morpholine rings is 1. The van der Waals surface area contributed by atoms with Gasteiger partial charge < -0.3 is 15.0 Å². The van der Waals surface area contributed by atoms with E-state index in [1.807, 2.05) is 24.3 Å². The molecule has 1 atom stereocenters. The zero-order chi connectivity index (χ0) is 36.9. The van der Waals surface area contributed by atoms with Crippen LogP contribution in [0.25, 0.3) is 21.3 Å². The van der Waals surface area contributed by atoms with E-state index >= 15 is 0 Å². The van der Waals surface area contributed by atoms with Crippen LogP contribution in [0, 0.1) is 0 Å². The van der Waals surface area contributed by atoms with Crippen LogP contribution < -0.4 is 10.5 Å². The zero-order valence-electron chi connectivity index (χ0n) is 30.0. The number of carbonyl (C=O) groups is 2. The van der Waals surface area contributed by atoms with Gasteiger partial charge in [-0.15, -0.1) is 11.3 Å². The normalized spacial score (nSPS) is 15.2. The predicted octanol–water partition coefficient (Wildman–Crippen LogP) is 6.17. The summed E-state index contributed by atoms with van der Waals surface area (Å²) in [6, 6.07) is 12.9. The molecular weight excluding hydrogens is 709 g/mol. The average Bonchev–Trinajstić information content (AvgIpc) is 3.53. The molecule has 14 heteroatoms. The van der Waals surface area contributed by atoms with Crippen LogP contribution in [-0.4, -0.2) is 83.4 Å². The second-order valence-electron chi connectivity index (χ2n) is 13.5. The number of nitrogens with two attached hydrogens (primary N) is 1. The first-order valence-electron chi connectivity index (χ1n) is 18.2. The van der Waals surface area contributed by atoms with Crippen molar-refractivity contribution in [3.63, 3.8) is 0 Å². The van der Waals surface area contributed by atoms with Crippen LogP contribution in [0.4, 0.5) is 0 Å². The number of sulfonamides is 1. The molecule has 2 amide bonds. The molecular formula is C37H54N4O7S3. The molecule has 0 aliphatic carbocycles. The number of hydrogen-bond donors (Lipinski definition) is 2. The summed E-state index contributed by atoms with van der Waals surface area (Å²) in [4.78, 5) is 33.3. The van der Waals surface area contributed by atoms with Crippen LogP contribution in [0.15, 0.2) is 42.5 Å². The maximum absolute atomic E-state index is 13.9. The second kappa shape index (κ2) is 19.2. The molecule has 0 radical (unpaired) electrons. The summed E-state index contributed by atoms with van der Waals surface area (Å²) in [6.07, 6.45) is 14.3. The van der Waals surface area contributed by atoms with Crippen LogP contribution in [0.3, 0.4) is 0 Å². The quantitative estimate of drug-likeness (QED) is 0.122. The van der Waals surface area contributed by atoms with Gasteiger partial charge in [0.05, 0.1) is 29.2 Å². The Kier molecular flexibility index (Phi) is 15.4. The molecule has 11 nitrogen and oxygen atoms in total. The van der Waals surface area contributed by atoms with Crippen molar-refractivity contribution in [2.45, 2.75) is 95.1 Å². The van der Waals surface area contributed by atoms with Crippen molar-refractivity contribution in [3.05, 3.63) is 53.0 Å². The standard InChI is InChI=1S/C37H54N4O7S3/c1-3-4-5-6-7-8-9-10-11-12-13-14-21-37(50(2,44)45,35(43)39-22-27-51(38,46)47)36-40-32-20-19-31(28-33(32)49-36)29-15-17-30(18-16-29)34(42)41-23-25-48-26-24-41/h15-20,28H,3-14,21-27H2,1-2H3,(H,39,43)(H2,38,46,47). The number of rotatable bonds is 21. The van der Waals surface area contributed by atoms with E-state index in [2.05, 4.69) is 12.2 Å². The Hall–Kier alpha value is -2.91. The fraction of sp³-hybridized carbons (Fsp3) is 0.595. The Morgan fingerprint density at radius 3 is 2.00 bits per heavy atom. The minimum absolute atomic E-state index is 0.0236. The van der Waals surface area contributed by atoms with Gasteiger partial charge in [0, 0.05) is 31.5 Å². The molecule has 2 heterocycles.